The molecule has 0 aliphatic carbocycles. The lowest BCUT2D eigenvalue weighted by Gasteiger charge is -2.33. The van der Waals surface area contributed by atoms with Crippen molar-refractivity contribution < 1.29 is 4.79 Å². The summed E-state index contributed by atoms with van der Waals surface area (Å²) in [6.07, 6.45) is 3.93. The van der Waals surface area contributed by atoms with Crippen LogP contribution in [0.1, 0.15) is 49.3 Å². The summed E-state index contributed by atoms with van der Waals surface area (Å²) in [5, 5.41) is 7.04. The molecule has 4 rings (SSSR count). The van der Waals surface area contributed by atoms with Gasteiger partial charge in [-0.2, -0.15) is 0 Å². The lowest BCUT2D eigenvalue weighted by molar-refractivity contribution is -0.128. The van der Waals surface area contributed by atoms with Crippen LogP contribution < -0.4 is 10.6 Å². The topological polar surface area (TPSA) is 60.0 Å². The van der Waals surface area contributed by atoms with Crippen molar-refractivity contribution in [3.63, 3.8) is 0 Å². The molecule has 2 fully saturated rings. The van der Waals surface area contributed by atoms with Gasteiger partial charge < -0.3 is 15.5 Å². The van der Waals surface area contributed by atoms with Crippen molar-refractivity contribution in [1.82, 2.24) is 20.4 Å². The van der Waals surface area contributed by atoms with E-state index in [1.54, 1.807) is 0 Å². The SMILES string of the molecule is CCNC(=NCc1ccc(CN2CCCC2=O)cc1)NC1CCN(Cc2ccccc2)CC1.I. The predicted molar refractivity (Wildman–Crippen MR) is 149 cm³/mol. The fraction of sp³-hybridized carbons (Fsp3) is 0.481. The van der Waals surface area contributed by atoms with Crippen LogP contribution in [0.15, 0.2) is 59.6 Å². The van der Waals surface area contributed by atoms with Crippen molar-refractivity contribution in [2.24, 2.45) is 4.99 Å². The zero-order chi connectivity index (χ0) is 22.9. The number of likely N-dealkylation sites (tertiary alicyclic amines) is 2. The number of nitrogens with one attached hydrogen (secondary N) is 2. The van der Waals surface area contributed by atoms with Crippen molar-refractivity contribution in [3.05, 3.63) is 71.3 Å². The largest absolute Gasteiger partial charge is 0.357 e. The minimum absolute atomic E-state index is 0. The van der Waals surface area contributed by atoms with Crippen molar-refractivity contribution in [1.29, 1.82) is 0 Å². The van der Waals surface area contributed by atoms with E-state index >= 15 is 0 Å². The molecule has 0 spiro atoms. The quantitative estimate of drug-likeness (QED) is 0.282. The molecular formula is C27H38IN5O. The molecule has 1 amide bonds. The Morgan fingerprint density at radius 2 is 1.62 bits per heavy atom. The highest BCUT2D eigenvalue weighted by Crippen LogP contribution is 2.16. The highest BCUT2D eigenvalue weighted by molar-refractivity contribution is 14.0. The van der Waals surface area contributed by atoms with E-state index in [0.717, 1.165) is 64.5 Å². The molecule has 2 saturated heterocycles. The molecule has 0 unspecified atom stereocenters. The van der Waals surface area contributed by atoms with Crippen molar-refractivity contribution >= 4 is 35.8 Å². The maximum atomic E-state index is 11.8. The van der Waals surface area contributed by atoms with E-state index in [1.165, 1.54) is 16.7 Å². The number of hydrogen-bond donors (Lipinski definition) is 2. The maximum Gasteiger partial charge on any atom is 0.222 e. The summed E-state index contributed by atoms with van der Waals surface area (Å²) in [6, 6.07) is 19.7. The first-order chi connectivity index (χ1) is 16.2. The van der Waals surface area contributed by atoms with Crippen molar-refractivity contribution in [3.8, 4) is 0 Å². The molecular weight excluding hydrogens is 537 g/mol. The van der Waals surface area contributed by atoms with Gasteiger partial charge in [0.1, 0.15) is 0 Å². The number of nitrogens with zero attached hydrogens (tertiary/aromatic N) is 3. The highest BCUT2D eigenvalue weighted by Gasteiger charge is 2.21. The molecule has 184 valence electrons. The van der Waals surface area contributed by atoms with Crippen LogP contribution >= 0.6 is 24.0 Å². The summed E-state index contributed by atoms with van der Waals surface area (Å²) >= 11 is 0. The zero-order valence-electron chi connectivity index (χ0n) is 20.2. The second-order valence-electron chi connectivity index (χ2n) is 9.11. The van der Waals surface area contributed by atoms with E-state index in [1.807, 2.05) is 4.90 Å². The Hall–Kier alpha value is -2.13. The average molecular weight is 576 g/mol. The van der Waals surface area contributed by atoms with E-state index in [2.05, 4.69) is 77.1 Å². The first-order valence-corrected chi connectivity index (χ1v) is 12.4. The number of amides is 1. The number of carbonyl (C=O) groups is 1. The van der Waals surface area contributed by atoms with E-state index in [4.69, 9.17) is 4.99 Å². The van der Waals surface area contributed by atoms with Gasteiger partial charge in [-0.15, -0.1) is 24.0 Å². The fourth-order valence-electron chi connectivity index (χ4n) is 4.60. The van der Waals surface area contributed by atoms with Gasteiger partial charge in [0, 0.05) is 51.7 Å². The van der Waals surface area contributed by atoms with Crippen LogP contribution in [0.25, 0.3) is 0 Å². The average Bonchev–Trinajstić information content (AvgIpc) is 3.24. The van der Waals surface area contributed by atoms with Crippen LogP contribution in [0, 0.1) is 0 Å². The van der Waals surface area contributed by atoms with Gasteiger partial charge in [0.05, 0.1) is 6.54 Å². The summed E-state index contributed by atoms with van der Waals surface area (Å²) in [7, 11) is 0. The molecule has 2 N–H and O–H groups in total. The van der Waals surface area contributed by atoms with Crippen LogP contribution in [-0.2, 0) is 24.4 Å². The molecule has 0 bridgehead atoms. The minimum atomic E-state index is 0. The Morgan fingerprint density at radius 1 is 0.941 bits per heavy atom. The zero-order valence-corrected chi connectivity index (χ0v) is 22.5. The third-order valence-corrected chi connectivity index (χ3v) is 6.51. The van der Waals surface area contributed by atoms with Crippen LogP contribution in [0.4, 0.5) is 0 Å². The molecule has 2 heterocycles. The molecule has 2 aliphatic heterocycles. The predicted octanol–water partition coefficient (Wildman–Crippen LogP) is 4.15. The number of piperidine rings is 1. The van der Waals surface area contributed by atoms with Gasteiger partial charge in [-0.05, 0) is 42.9 Å². The Labute approximate surface area is 221 Å². The smallest absolute Gasteiger partial charge is 0.222 e. The molecule has 34 heavy (non-hydrogen) atoms. The number of halogens is 1. The van der Waals surface area contributed by atoms with Gasteiger partial charge in [-0.1, -0.05) is 54.6 Å². The number of aliphatic imine (C=N–C) groups is 1. The molecule has 0 saturated carbocycles. The second-order valence-corrected chi connectivity index (χ2v) is 9.11. The Kier molecular flexibility index (Phi) is 10.7. The number of hydrogen-bond acceptors (Lipinski definition) is 3. The standard InChI is InChI=1S/C27H37N5O.HI/c1-2-28-27(30-25-14-17-31(18-15-25)20-23-7-4-3-5-8-23)29-19-22-10-12-24(13-11-22)21-32-16-6-9-26(32)33;/h3-5,7-8,10-13,25H,2,6,9,14-21H2,1H3,(H2,28,29,30);1H. The molecule has 7 heteroatoms. The summed E-state index contributed by atoms with van der Waals surface area (Å²) in [6.45, 7) is 8.44. The highest BCUT2D eigenvalue weighted by atomic mass is 127. The number of rotatable bonds is 8. The first-order valence-electron chi connectivity index (χ1n) is 12.4. The van der Waals surface area contributed by atoms with E-state index in [-0.39, 0.29) is 29.9 Å². The lowest BCUT2D eigenvalue weighted by atomic mass is 10.0. The van der Waals surface area contributed by atoms with Gasteiger partial charge in [0.25, 0.3) is 0 Å². The van der Waals surface area contributed by atoms with Crippen LogP contribution in [0.2, 0.25) is 0 Å². The van der Waals surface area contributed by atoms with Crippen molar-refractivity contribution in [2.75, 3.05) is 26.2 Å². The van der Waals surface area contributed by atoms with Gasteiger partial charge in [0.15, 0.2) is 5.96 Å². The van der Waals surface area contributed by atoms with Crippen LogP contribution in [0.5, 0.6) is 0 Å². The van der Waals surface area contributed by atoms with E-state index in [0.29, 0.717) is 19.0 Å². The van der Waals surface area contributed by atoms with Gasteiger partial charge in [0.2, 0.25) is 5.91 Å². The third kappa shape index (κ3) is 7.98. The van der Waals surface area contributed by atoms with Gasteiger partial charge in [-0.3, -0.25) is 9.69 Å². The molecule has 0 radical (unpaired) electrons. The maximum absolute atomic E-state index is 11.8. The fourth-order valence-corrected chi connectivity index (χ4v) is 4.60. The minimum Gasteiger partial charge on any atom is -0.357 e. The number of guanidine groups is 1. The number of benzene rings is 2. The monoisotopic (exact) mass is 575 g/mol. The molecule has 2 aromatic carbocycles. The van der Waals surface area contributed by atoms with Crippen LogP contribution in [0.3, 0.4) is 0 Å². The molecule has 2 aromatic rings. The molecule has 0 aromatic heterocycles. The number of carbonyl (C=O) groups excluding carboxylic acids is 1. The summed E-state index contributed by atoms with van der Waals surface area (Å²) in [5.41, 5.74) is 3.75. The van der Waals surface area contributed by atoms with Gasteiger partial charge in [-0.25, -0.2) is 4.99 Å². The Morgan fingerprint density at radius 3 is 2.26 bits per heavy atom. The third-order valence-electron chi connectivity index (χ3n) is 6.51. The normalized spacial score (nSPS) is 17.5. The lowest BCUT2D eigenvalue weighted by Crippen LogP contribution is -2.48. The van der Waals surface area contributed by atoms with Crippen molar-refractivity contribution in [2.45, 2.75) is 58.3 Å². The van der Waals surface area contributed by atoms with E-state index in [9.17, 15) is 4.79 Å². The van der Waals surface area contributed by atoms with Gasteiger partial charge >= 0.3 is 0 Å². The second kappa shape index (κ2) is 13.7. The Balaban J connectivity index is 0.00000324. The van der Waals surface area contributed by atoms with Crippen LogP contribution in [-0.4, -0.2) is 53.9 Å². The first kappa shape index (κ1) is 26.5. The summed E-state index contributed by atoms with van der Waals surface area (Å²) in [4.78, 5) is 21.2. The molecule has 6 nitrogen and oxygen atoms in total. The summed E-state index contributed by atoms with van der Waals surface area (Å²) in [5.74, 6) is 1.17. The van der Waals surface area contributed by atoms with E-state index < -0.39 is 0 Å². The Bertz CT molecular complexity index is 910. The summed E-state index contributed by atoms with van der Waals surface area (Å²) < 4.78 is 0. The molecule has 2 aliphatic rings. The molecule has 0 atom stereocenters.